The monoisotopic (exact) mass is 405 g/mol. The largest absolute Gasteiger partial charge is 0.371 e. The van der Waals surface area contributed by atoms with Crippen LogP contribution in [0.2, 0.25) is 0 Å². The average Bonchev–Trinajstić information content (AvgIpc) is 2.77. The second-order valence-electron chi connectivity index (χ2n) is 7.44. The Labute approximate surface area is 176 Å². The third kappa shape index (κ3) is 3.62. The lowest BCUT2D eigenvalue weighted by molar-refractivity contribution is 0.292. The van der Waals surface area contributed by atoms with E-state index < -0.39 is 5.50 Å². The summed E-state index contributed by atoms with van der Waals surface area (Å²) in [5.74, 6) is 2.06. The lowest BCUT2D eigenvalue weighted by atomic mass is 9.98. The molecule has 0 saturated carbocycles. The fraction of sp³-hybridized carbons (Fsp3) is 0.292. The van der Waals surface area contributed by atoms with Crippen LogP contribution in [0.25, 0.3) is 11.8 Å². The molecule has 1 atom stereocenters. The van der Waals surface area contributed by atoms with Crippen molar-refractivity contribution in [2.45, 2.75) is 24.4 Å². The molecule has 4 nitrogen and oxygen atoms in total. The van der Waals surface area contributed by atoms with Crippen LogP contribution in [0, 0.1) is 0 Å². The van der Waals surface area contributed by atoms with E-state index in [0.717, 1.165) is 47.8 Å². The maximum atomic E-state index is 11.7. The van der Waals surface area contributed by atoms with E-state index in [1.807, 2.05) is 36.4 Å². The summed E-state index contributed by atoms with van der Waals surface area (Å²) in [5.41, 5.74) is 2.99. The molecule has 2 aromatic carbocycles. The number of benzene rings is 2. The van der Waals surface area contributed by atoms with E-state index in [1.165, 1.54) is 5.69 Å². The molecule has 5 heteroatoms. The normalized spacial score (nSPS) is 19.2. The van der Waals surface area contributed by atoms with E-state index in [4.69, 9.17) is 11.6 Å². The lowest BCUT2D eigenvalue weighted by Crippen LogP contribution is -2.47. The number of para-hydroxylation sites is 2. The number of hydrogen-bond acceptors (Lipinski definition) is 4. The van der Waals surface area contributed by atoms with Crippen molar-refractivity contribution in [3.05, 3.63) is 76.8 Å². The van der Waals surface area contributed by atoms with Gasteiger partial charge < -0.3 is 9.80 Å². The number of piperidine rings is 1. The molecule has 0 bridgehead atoms. The molecule has 4 rings (SSSR count). The van der Waals surface area contributed by atoms with Crippen LogP contribution >= 0.6 is 11.6 Å². The number of carbonyl (C=O) groups excluding carboxylic acids is 1. The maximum Gasteiger partial charge on any atom is 0.161 e. The first-order valence-electron chi connectivity index (χ1n) is 9.90. The van der Waals surface area contributed by atoms with Gasteiger partial charge in [-0.3, -0.25) is 4.99 Å². The quantitative estimate of drug-likeness (QED) is 0.445. The number of rotatable bonds is 4. The van der Waals surface area contributed by atoms with E-state index in [-0.39, 0.29) is 0 Å². The zero-order valence-electron chi connectivity index (χ0n) is 16.5. The summed E-state index contributed by atoms with van der Waals surface area (Å²) in [6.45, 7) is 5.64. The second-order valence-corrected chi connectivity index (χ2v) is 7.85. The Hall–Kier alpha value is -2.81. The molecule has 1 unspecified atom stereocenters. The second kappa shape index (κ2) is 8.28. The standard InChI is InChI=1S/C24H24ClN3O/c1-3-17-8-4-7-11-22(17)27(2)18-12-14-28(15-13-18)23-19-9-5-6-10-21(19)26-24(25)20(23)16-29/h3-11,18,24H,1,12-15H2,2H3. The van der Waals surface area contributed by atoms with Crippen molar-refractivity contribution in [3.8, 4) is 0 Å². The summed E-state index contributed by atoms with van der Waals surface area (Å²) in [7, 11) is 2.15. The third-order valence-corrected chi connectivity index (χ3v) is 6.20. The summed E-state index contributed by atoms with van der Waals surface area (Å²) >= 11 is 6.39. The minimum atomic E-state index is -0.683. The van der Waals surface area contributed by atoms with E-state index in [9.17, 15) is 4.79 Å². The van der Waals surface area contributed by atoms with E-state index in [1.54, 1.807) is 0 Å². The number of halogens is 1. The molecule has 0 aliphatic carbocycles. The predicted molar refractivity (Wildman–Crippen MR) is 119 cm³/mol. The van der Waals surface area contributed by atoms with Gasteiger partial charge in [0.05, 0.1) is 16.6 Å². The van der Waals surface area contributed by atoms with Crippen LogP contribution in [-0.4, -0.2) is 42.5 Å². The van der Waals surface area contributed by atoms with Crippen LogP contribution in [0.4, 0.5) is 5.69 Å². The fourth-order valence-corrected chi connectivity index (χ4v) is 4.58. The van der Waals surface area contributed by atoms with Crippen molar-refractivity contribution in [1.82, 2.24) is 4.90 Å². The predicted octanol–water partition coefficient (Wildman–Crippen LogP) is 2.99. The zero-order valence-corrected chi connectivity index (χ0v) is 17.3. The highest BCUT2D eigenvalue weighted by molar-refractivity contribution is 6.24. The van der Waals surface area contributed by atoms with Crippen molar-refractivity contribution in [3.63, 3.8) is 0 Å². The van der Waals surface area contributed by atoms with Gasteiger partial charge in [-0.1, -0.05) is 60.7 Å². The fourth-order valence-electron chi connectivity index (χ4n) is 4.32. The van der Waals surface area contributed by atoms with Gasteiger partial charge in [0.25, 0.3) is 0 Å². The maximum absolute atomic E-state index is 11.7. The molecule has 2 heterocycles. The highest BCUT2D eigenvalue weighted by atomic mass is 35.5. The molecular weight excluding hydrogens is 382 g/mol. The molecule has 0 N–H and O–H groups in total. The number of nitrogens with zero attached hydrogens (tertiary/aromatic N) is 3. The van der Waals surface area contributed by atoms with Gasteiger partial charge in [-0.2, -0.15) is 0 Å². The van der Waals surface area contributed by atoms with Crippen LogP contribution in [0.5, 0.6) is 0 Å². The first-order chi connectivity index (χ1) is 14.1. The Morgan fingerprint density at radius 1 is 1.17 bits per heavy atom. The Bertz CT molecular complexity index is 1100. The SMILES string of the molecule is C=Cc1ccccc1N(C)C1CCN(C2=c3ccccc3=NC(Cl)C2=C=O)CC1. The van der Waals surface area contributed by atoms with Crippen molar-refractivity contribution >= 4 is 35.0 Å². The van der Waals surface area contributed by atoms with Gasteiger partial charge in [0.15, 0.2) is 5.50 Å². The van der Waals surface area contributed by atoms with E-state index in [2.05, 4.69) is 52.6 Å². The smallest absolute Gasteiger partial charge is 0.161 e. The summed E-state index contributed by atoms with van der Waals surface area (Å²) in [5, 5.41) is 1.80. The third-order valence-electron chi connectivity index (χ3n) is 5.88. The molecule has 2 aliphatic heterocycles. The molecule has 2 aliphatic rings. The van der Waals surface area contributed by atoms with Crippen molar-refractivity contribution in [2.24, 2.45) is 4.99 Å². The first kappa shape index (κ1) is 19.5. The van der Waals surface area contributed by atoms with Gasteiger partial charge in [0.1, 0.15) is 5.94 Å². The Balaban J connectivity index is 1.61. The van der Waals surface area contributed by atoms with Crippen LogP contribution in [0.1, 0.15) is 18.4 Å². The Morgan fingerprint density at radius 2 is 1.86 bits per heavy atom. The molecule has 1 fully saturated rings. The van der Waals surface area contributed by atoms with Crippen LogP contribution in [-0.2, 0) is 4.79 Å². The Morgan fingerprint density at radius 3 is 2.59 bits per heavy atom. The molecule has 0 amide bonds. The molecule has 2 aromatic rings. The number of fused-ring (bicyclic) bond motifs is 1. The number of alkyl halides is 1. The van der Waals surface area contributed by atoms with Gasteiger partial charge >= 0.3 is 0 Å². The van der Waals surface area contributed by atoms with Gasteiger partial charge in [-0.25, -0.2) is 4.79 Å². The molecule has 148 valence electrons. The highest BCUT2D eigenvalue weighted by Gasteiger charge is 2.30. The molecule has 1 saturated heterocycles. The number of likely N-dealkylation sites (tertiary alicyclic amines) is 1. The van der Waals surface area contributed by atoms with Crippen LogP contribution in [0.15, 0.2) is 65.7 Å². The van der Waals surface area contributed by atoms with Gasteiger partial charge in [-0.15, -0.1) is 0 Å². The van der Waals surface area contributed by atoms with E-state index in [0.29, 0.717) is 11.6 Å². The Kier molecular flexibility index (Phi) is 5.57. The zero-order chi connectivity index (χ0) is 20.4. The molecular formula is C24H24ClN3O. The minimum absolute atomic E-state index is 0.423. The molecule has 29 heavy (non-hydrogen) atoms. The average molecular weight is 406 g/mol. The van der Waals surface area contributed by atoms with Gasteiger partial charge in [0.2, 0.25) is 0 Å². The highest BCUT2D eigenvalue weighted by Crippen LogP contribution is 2.30. The number of hydrogen-bond donors (Lipinski definition) is 0. The molecule has 0 radical (unpaired) electrons. The van der Waals surface area contributed by atoms with Gasteiger partial charge in [-0.05, 0) is 30.5 Å². The van der Waals surface area contributed by atoms with Gasteiger partial charge in [0, 0.05) is 37.1 Å². The van der Waals surface area contributed by atoms with Crippen LogP contribution < -0.4 is 15.5 Å². The molecule has 0 spiro atoms. The number of anilines is 1. The summed E-state index contributed by atoms with van der Waals surface area (Å²) in [6.07, 6.45) is 3.88. The minimum Gasteiger partial charge on any atom is -0.371 e. The van der Waals surface area contributed by atoms with Crippen LogP contribution in [0.3, 0.4) is 0 Å². The summed E-state index contributed by atoms with van der Waals surface area (Å²) < 4.78 is 0. The lowest BCUT2D eigenvalue weighted by Gasteiger charge is -2.40. The summed E-state index contributed by atoms with van der Waals surface area (Å²) in [6, 6.07) is 16.6. The van der Waals surface area contributed by atoms with E-state index >= 15 is 0 Å². The summed E-state index contributed by atoms with van der Waals surface area (Å²) in [4.78, 5) is 20.8. The molecule has 0 aromatic heterocycles. The van der Waals surface area contributed by atoms with Crippen molar-refractivity contribution in [2.75, 3.05) is 25.0 Å². The topological polar surface area (TPSA) is 35.9 Å². The van der Waals surface area contributed by atoms with Crippen molar-refractivity contribution in [1.29, 1.82) is 0 Å². The van der Waals surface area contributed by atoms with Crippen molar-refractivity contribution < 1.29 is 4.79 Å². The first-order valence-corrected chi connectivity index (χ1v) is 10.3.